The fourth-order valence-corrected chi connectivity index (χ4v) is 6.33. The molecule has 2 N–H and O–H groups in total. The molecule has 1 unspecified atom stereocenters. The lowest BCUT2D eigenvalue weighted by atomic mass is 9.86. The van der Waals surface area contributed by atoms with Crippen molar-refractivity contribution < 1.29 is 13.2 Å². The van der Waals surface area contributed by atoms with E-state index in [-0.39, 0.29) is 27.5 Å². The zero-order valence-electron chi connectivity index (χ0n) is 24.7. The van der Waals surface area contributed by atoms with Gasteiger partial charge in [0.25, 0.3) is 15.9 Å². The molecule has 0 radical (unpaired) electrons. The van der Waals surface area contributed by atoms with E-state index in [9.17, 15) is 13.2 Å². The highest BCUT2D eigenvalue weighted by Gasteiger charge is 2.32. The number of nitrogens with zero attached hydrogens (tertiary/aromatic N) is 4. The second kappa shape index (κ2) is 10.7. The molecule has 3 aromatic heterocycles. The van der Waals surface area contributed by atoms with Crippen LogP contribution in [0.2, 0.25) is 0 Å². The van der Waals surface area contributed by atoms with Gasteiger partial charge in [-0.25, -0.2) is 14.7 Å². The number of aromatic nitrogens is 3. The SMILES string of the molecule is CC(C)(C)c1ccnc(C2CC[C@H]3CCN(C3)c3nc(C(C)(C)C)ccc3C(=O)NS(=O)(=O)c3cccc(n3)N2)c1. The maximum atomic E-state index is 13.4. The van der Waals surface area contributed by atoms with Crippen LogP contribution in [0.15, 0.2) is 53.7 Å². The van der Waals surface area contributed by atoms with E-state index in [0.717, 1.165) is 43.7 Å². The van der Waals surface area contributed by atoms with E-state index in [1.165, 1.54) is 11.6 Å². The smallest absolute Gasteiger partial charge is 0.281 e. The largest absolute Gasteiger partial charge is 0.362 e. The number of rotatable bonds is 1. The Morgan fingerprint density at radius 1 is 0.927 bits per heavy atom. The third kappa shape index (κ3) is 6.37. The minimum Gasteiger partial charge on any atom is -0.362 e. The minimum atomic E-state index is -4.24. The average molecular weight is 577 g/mol. The Labute approximate surface area is 243 Å². The van der Waals surface area contributed by atoms with Crippen molar-refractivity contribution in [1.29, 1.82) is 0 Å². The summed E-state index contributed by atoms with van der Waals surface area (Å²) in [5, 5.41) is 3.22. The zero-order chi connectivity index (χ0) is 29.6. The molecule has 2 aliphatic heterocycles. The van der Waals surface area contributed by atoms with Crippen LogP contribution in [-0.4, -0.2) is 42.4 Å². The van der Waals surface area contributed by atoms with Crippen LogP contribution in [0.25, 0.3) is 0 Å². The summed E-state index contributed by atoms with van der Waals surface area (Å²) < 4.78 is 28.9. The fraction of sp³-hybridized carbons (Fsp3) is 0.484. The van der Waals surface area contributed by atoms with Gasteiger partial charge in [-0.3, -0.25) is 9.78 Å². The van der Waals surface area contributed by atoms with Crippen molar-refractivity contribution in [1.82, 2.24) is 19.7 Å². The van der Waals surface area contributed by atoms with Gasteiger partial charge in [-0.15, -0.1) is 0 Å². The second-order valence-corrected chi connectivity index (χ2v) is 14.8. The van der Waals surface area contributed by atoms with Gasteiger partial charge in [0.15, 0.2) is 5.03 Å². The molecule has 0 saturated carbocycles. The summed E-state index contributed by atoms with van der Waals surface area (Å²) in [5.74, 6) is 0.605. The molecule has 0 aliphatic carbocycles. The summed E-state index contributed by atoms with van der Waals surface area (Å²) in [6.07, 6.45) is 4.51. The van der Waals surface area contributed by atoms with Crippen molar-refractivity contribution in [3.8, 4) is 0 Å². The lowest BCUT2D eigenvalue weighted by Gasteiger charge is -2.25. The normalized spacial score (nSPS) is 21.2. The summed E-state index contributed by atoms with van der Waals surface area (Å²) in [5.41, 5.74) is 2.88. The number of fused-ring (bicyclic) bond motifs is 6. The zero-order valence-corrected chi connectivity index (χ0v) is 25.5. The molecule has 10 heteroatoms. The molecule has 0 aromatic carbocycles. The molecular weight excluding hydrogens is 536 g/mol. The first-order valence-electron chi connectivity index (χ1n) is 14.2. The summed E-state index contributed by atoms with van der Waals surface area (Å²) in [4.78, 5) is 29.6. The van der Waals surface area contributed by atoms with E-state index in [1.54, 1.807) is 24.3 Å². The van der Waals surface area contributed by atoms with E-state index in [1.807, 2.05) is 12.3 Å². The van der Waals surface area contributed by atoms with Crippen LogP contribution in [0.1, 0.15) is 94.2 Å². The molecule has 41 heavy (non-hydrogen) atoms. The third-order valence-electron chi connectivity index (χ3n) is 7.89. The highest BCUT2D eigenvalue weighted by molar-refractivity contribution is 7.90. The Hall–Kier alpha value is -3.53. The Morgan fingerprint density at radius 2 is 1.71 bits per heavy atom. The molecule has 5 rings (SSSR count). The molecule has 3 aromatic rings. The molecule has 1 fully saturated rings. The molecule has 1 amide bonds. The van der Waals surface area contributed by atoms with Gasteiger partial charge in [-0.2, -0.15) is 8.42 Å². The number of nitrogens with one attached hydrogen (secondary N) is 2. The topological polar surface area (TPSA) is 117 Å². The van der Waals surface area contributed by atoms with Gasteiger partial charge in [-0.05, 0) is 72.6 Å². The van der Waals surface area contributed by atoms with E-state index >= 15 is 0 Å². The molecule has 9 nitrogen and oxygen atoms in total. The number of anilines is 2. The predicted octanol–water partition coefficient (Wildman–Crippen LogP) is 5.36. The van der Waals surface area contributed by atoms with Crippen molar-refractivity contribution in [2.45, 2.75) is 82.7 Å². The Bertz CT molecular complexity index is 1560. The highest BCUT2D eigenvalue weighted by atomic mass is 32.2. The molecule has 2 aliphatic rings. The first-order chi connectivity index (χ1) is 19.2. The van der Waals surface area contributed by atoms with Gasteiger partial charge in [-0.1, -0.05) is 47.6 Å². The van der Waals surface area contributed by atoms with Crippen LogP contribution in [0.3, 0.4) is 0 Å². The van der Waals surface area contributed by atoms with Crippen LogP contribution < -0.4 is 14.9 Å². The van der Waals surface area contributed by atoms with Gasteiger partial charge < -0.3 is 10.2 Å². The molecule has 4 bridgehead atoms. The van der Waals surface area contributed by atoms with Crippen molar-refractivity contribution in [3.63, 3.8) is 0 Å². The molecular formula is C31H40N6O3S. The molecule has 2 atom stereocenters. The van der Waals surface area contributed by atoms with Crippen LogP contribution in [-0.2, 0) is 20.9 Å². The first-order valence-corrected chi connectivity index (χ1v) is 15.7. The summed E-state index contributed by atoms with van der Waals surface area (Å²) in [6, 6.07) is 12.2. The van der Waals surface area contributed by atoms with Crippen LogP contribution >= 0.6 is 0 Å². The number of carbonyl (C=O) groups excluding carboxylic acids is 1. The number of pyridine rings is 3. The number of carbonyl (C=O) groups is 1. The van der Waals surface area contributed by atoms with E-state index < -0.39 is 15.9 Å². The first kappa shape index (κ1) is 29.0. The minimum absolute atomic E-state index is 0.0415. The van der Waals surface area contributed by atoms with Crippen LogP contribution in [0.4, 0.5) is 11.6 Å². The number of hydrogen-bond donors (Lipinski definition) is 2. The monoisotopic (exact) mass is 576 g/mol. The van der Waals surface area contributed by atoms with E-state index in [0.29, 0.717) is 17.6 Å². The lowest BCUT2D eigenvalue weighted by molar-refractivity contribution is 0.0981. The average Bonchev–Trinajstić information content (AvgIpc) is 3.38. The van der Waals surface area contributed by atoms with Crippen molar-refractivity contribution in [2.24, 2.45) is 5.92 Å². The molecule has 5 heterocycles. The standard InChI is InChI=1S/C31H40N6O3S/c1-30(2,3)21-14-16-32-24(18-21)23-12-10-20-15-17-37(19-20)28-22(11-13-25(34-28)31(4,5)6)29(38)36-41(39,40)27-9-7-8-26(33-23)35-27/h7-9,11,13-14,16,18,20,23H,10,12,15,17,19H2,1-6H3,(H,33,35)(H,36,38)/t20-,23?/m0/s1. The second-order valence-electron chi connectivity index (χ2n) is 13.2. The van der Waals surface area contributed by atoms with E-state index in [2.05, 4.69) is 67.5 Å². The lowest BCUT2D eigenvalue weighted by Crippen LogP contribution is -2.34. The number of amides is 1. The highest BCUT2D eigenvalue weighted by Crippen LogP contribution is 2.34. The number of hydrogen-bond acceptors (Lipinski definition) is 8. The van der Waals surface area contributed by atoms with Crippen LogP contribution in [0.5, 0.6) is 0 Å². The van der Waals surface area contributed by atoms with Gasteiger partial charge in [0.1, 0.15) is 11.6 Å². The fourth-order valence-electron chi connectivity index (χ4n) is 5.40. The van der Waals surface area contributed by atoms with Crippen molar-refractivity contribution >= 4 is 27.6 Å². The maximum Gasteiger partial charge on any atom is 0.281 e. The van der Waals surface area contributed by atoms with Gasteiger partial charge >= 0.3 is 0 Å². The maximum absolute atomic E-state index is 13.4. The number of sulfonamides is 1. The van der Waals surface area contributed by atoms with Gasteiger partial charge in [0.2, 0.25) is 0 Å². The van der Waals surface area contributed by atoms with Crippen molar-refractivity contribution in [3.05, 3.63) is 71.2 Å². The predicted molar refractivity (Wildman–Crippen MR) is 161 cm³/mol. The Kier molecular flexibility index (Phi) is 7.57. The van der Waals surface area contributed by atoms with Crippen molar-refractivity contribution in [2.75, 3.05) is 23.3 Å². The van der Waals surface area contributed by atoms with E-state index in [4.69, 9.17) is 9.97 Å². The van der Waals surface area contributed by atoms with Crippen LogP contribution in [0, 0.1) is 5.92 Å². The van der Waals surface area contributed by atoms with Gasteiger partial charge in [0.05, 0.1) is 17.3 Å². The van der Waals surface area contributed by atoms with Gasteiger partial charge in [0, 0.05) is 30.4 Å². The Balaban J connectivity index is 1.57. The third-order valence-corrected chi connectivity index (χ3v) is 9.12. The summed E-state index contributed by atoms with van der Waals surface area (Å²) >= 11 is 0. The molecule has 1 saturated heterocycles. The molecule has 0 spiro atoms. The molecule has 218 valence electrons. The quantitative estimate of drug-likeness (QED) is 0.398. The summed E-state index contributed by atoms with van der Waals surface area (Å²) in [6.45, 7) is 14.2. The summed E-state index contributed by atoms with van der Waals surface area (Å²) in [7, 11) is -4.24. The Morgan fingerprint density at radius 3 is 2.44 bits per heavy atom.